The van der Waals surface area contributed by atoms with Crippen LogP contribution in [0.1, 0.15) is 13.8 Å². The van der Waals surface area contributed by atoms with Crippen molar-refractivity contribution in [2.75, 3.05) is 11.5 Å². The van der Waals surface area contributed by atoms with Crippen LogP contribution in [-0.4, -0.2) is 22.6 Å². The maximum Gasteiger partial charge on any atom is 0.114 e. The highest BCUT2D eigenvalue weighted by Crippen LogP contribution is 2.26. The van der Waals surface area contributed by atoms with E-state index >= 15 is 0 Å². The van der Waals surface area contributed by atoms with Crippen molar-refractivity contribution in [3.05, 3.63) is 0 Å². The molecule has 1 aliphatic rings. The topological polar surface area (TPSA) is 59.6 Å². The average molecular weight is 181 g/mol. The molecule has 0 saturated carbocycles. The molecule has 1 saturated heterocycles. The summed E-state index contributed by atoms with van der Waals surface area (Å²) in [5.41, 5.74) is -1.10. The van der Waals surface area contributed by atoms with Crippen LogP contribution in [0.4, 0.5) is 0 Å². The van der Waals surface area contributed by atoms with Gasteiger partial charge in [0.25, 0.3) is 0 Å². The summed E-state index contributed by atoms with van der Waals surface area (Å²) in [6.45, 7) is 3.66. The molecule has 0 aliphatic carbocycles. The van der Waals surface area contributed by atoms with Gasteiger partial charge in [-0.25, -0.2) is 0 Å². The predicted octanol–water partition coefficient (Wildman–Crippen LogP) is 0.887. The summed E-state index contributed by atoms with van der Waals surface area (Å²) < 4.78 is 0. The number of rotatable bonds is 0. The normalized spacial score (nSPS) is 41.3. The number of nitriles is 2. The smallest absolute Gasteiger partial charge is 0.114 e. The second-order valence-electron chi connectivity index (χ2n) is 3.51. The fourth-order valence-electron chi connectivity index (χ4n) is 1.26. The summed E-state index contributed by atoms with van der Waals surface area (Å²) in [7, 11) is 0. The van der Waals surface area contributed by atoms with Crippen LogP contribution in [0, 0.1) is 22.7 Å². The van der Waals surface area contributed by atoms with E-state index in [1.165, 1.54) is 0 Å². The Hall–Kier alpha value is -0.710. The van der Waals surface area contributed by atoms with Crippen LogP contribution in [0.15, 0.2) is 0 Å². The molecule has 1 fully saturated rings. The van der Waals surface area contributed by atoms with E-state index in [-0.39, 0.29) is 0 Å². The Labute approximate surface area is 76.7 Å². The quantitative estimate of drug-likeness (QED) is 0.603. The van der Waals surface area contributed by atoms with Gasteiger partial charge >= 0.3 is 0 Å². The molecule has 2 unspecified atom stereocenters. The molecule has 1 N–H and O–H groups in total. The van der Waals surface area contributed by atoms with Crippen LogP contribution in [0.25, 0.3) is 0 Å². The summed E-state index contributed by atoms with van der Waals surface area (Å²) in [5.74, 6) is 1.50. The Kier molecular flexibility index (Phi) is 2.32. The summed E-state index contributed by atoms with van der Waals surface area (Å²) in [6.07, 6.45) is 0. The van der Waals surface area contributed by atoms with Gasteiger partial charge in [-0.3, -0.25) is 5.32 Å². The summed E-state index contributed by atoms with van der Waals surface area (Å²) in [5, 5.41) is 20.7. The van der Waals surface area contributed by atoms with E-state index in [1.807, 2.05) is 13.8 Å². The Morgan fingerprint density at radius 2 is 1.58 bits per heavy atom. The first-order valence-corrected chi connectivity index (χ1v) is 4.89. The molecule has 1 aliphatic heterocycles. The molecule has 2 atom stereocenters. The van der Waals surface area contributed by atoms with E-state index in [0.29, 0.717) is 0 Å². The van der Waals surface area contributed by atoms with Gasteiger partial charge in [0.1, 0.15) is 11.1 Å². The molecule has 1 rings (SSSR count). The highest BCUT2D eigenvalue weighted by Gasteiger charge is 2.39. The first-order valence-electron chi connectivity index (χ1n) is 3.73. The first kappa shape index (κ1) is 9.38. The minimum Gasteiger partial charge on any atom is -0.281 e. The highest BCUT2D eigenvalue weighted by molar-refractivity contribution is 7.99. The van der Waals surface area contributed by atoms with Crippen molar-refractivity contribution >= 4 is 11.8 Å². The van der Waals surface area contributed by atoms with E-state index in [2.05, 4.69) is 17.5 Å². The molecule has 0 amide bonds. The maximum absolute atomic E-state index is 8.84. The predicted molar refractivity (Wildman–Crippen MR) is 48.5 cm³/mol. The molecule has 0 spiro atoms. The SMILES string of the molecule is CC1(C#N)CSCC(C)(C#N)N1. The van der Waals surface area contributed by atoms with E-state index in [0.717, 1.165) is 11.5 Å². The fraction of sp³-hybridized carbons (Fsp3) is 0.750. The van der Waals surface area contributed by atoms with Crippen LogP contribution in [0.3, 0.4) is 0 Å². The van der Waals surface area contributed by atoms with Gasteiger partial charge < -0.3 is 0 Å². The van der Waals surface area contributed by atoms with Gasteiger partial charge in [0.15, 0.2) is 0 Å². The lowest BCUT2D eigenvalue weighted by Crippen LogP contribution is -2.60. The number of thioether (sulfide) groups is 1. The molecule has 0 aromatic heterocycles. The molecule has 12 heavy (non-hydrogen) atoms. The Morgan fingerprint density at radius 1 is 1.17 bits per heavy atom. The van der Waals surface area contributed by atoms with E-state index in [4.69, 9.17) is 10.5 Å². The molecular formula is C8H11N3S. The molecule has 3 nitrogen and oxygen atoms in total. The number of nitrogens with zero attached hydrogens (tertiary/aromatic N) is 2. The van der Waals surface area contributed by atoms with Crippen molar-refractivity contribution in [2.24, 2.45) is 0 Å². The van der Waals surface area contributed by atoms with Gasteiger partial charge in [-0.2, -0.15) is 22.3 Å². The van der Waals surface area contributed by atoms with Crippen molar-refractivity contribution < 1.29 is 0 Å². The van der Waals surface area contributed by atoms with Crippen molar-refractivity contribution in [3.8, 4) is 12.1 Å². The largest absolute Gasteiger partial charge is 0.281 e. The van der Waals surface area contributed by atoms with E-state index in [9.17, 15) is 0 Å². The fourth-order valence-corrected chi connectivity index (χ4v) is 2.45. The lowest BCUT2D eigenvalue weighted by atomic mass is 9.99. The monoisotopic (exact) mass is 181 g/mol. The molecule has 0 aromatic carbocycles. The zero-order chi connectivity index (χ0) is 9.24. The standard InChI is InChI=1S/C8H11N3S/c1-7(3-9)5-12-6-8(2,4-10)11-7/h11H,5-6H2,1-2H3. The van der Waals surface area contributed by atoms with Crippen LogP contribution in [0.2, 0.25) is 0 Å². The lowest BCUT2D eigenvalue weighted by Gasteiger charge is -2.37. The van der Waals surface area contributed by atoms with Gasteiger partial charge in [-0.1, -0.05) is 0 Å². The third-order valence-corrected chi connectivity index (χ3v) is 3.39. The molecular weight excluding hydrogens is 170 g/mol. The Balaban J connectivity index is 2.79. The minimum atomic E-state index is -0.548. The van der Waals surface area contributed by atoms with Crippen molar-refractivity contribution in [1.82, 2.24) is 5.32 Å². The van der Waals surface area contributed by atoms with Gasteiger partial charge in [-0.15, -0.1) is 0 Å². The summed E-state index contributed by atoms with van der Waals surface area (Å²) in [6, 6.07) is 4.37. The van der Waals surface area contributed by atoms with Crippen LogP contribution >= 0.6 is 11.8 Å². The molecule has 64 valence electrons. The van der Waals surface area contributed by atoms with Crippen molar-refractivity contribution in [1.29, 1.82) is 10.5 Å². The molecule has 0 aromatic rings. The van der Waals surface area contributed by atoms with E-state index < -0.39 is 11.1 Å². The summed E-state index contributed by atoms with van der Waals surface area (Å²) >= 11 is 1.65. The average Bonchev–Trinajstić information content (AvgIpc) is 2.05. The Morgan fingerprint density at radius 3 is 1.92 bits per heavy atom. The highest BCUT2D eigenvalue weighted by atomic mass is 32.2. The number of hydrogen-bond acceptors (Lipinski definition) is 4. The zero-order valence-electron chi connectivity index (χ0n) is 7.22. The van der Waals surface area contributed by atoms with Crippen LogP contribution in [-0.2, 0) is 0 Å². The zero-order valence-corrected chi connectivity index (χ0v) is 8.03. The van der Waals surface area contributed by atoms with Gasteiger partial charge in [0.05, 0.1) is 12.1 Å². The maximum atomic E-state index is 8.84. The van der Waals surface area contributed by atoms with E-state index in [1.54, 1.807) is 11.8 Å². The second kappa shape index (κ2) is 2.97. The Bertz CT molecular complexity index is 238. The lowest BCUT2D eigenvalue weighted by molar-refractivity contribution is 0.373. The molecule has 0 radical (unpaired) electrons. The molecule has 4 heteroatoms. The number of hydrogen-bond donors (Lipinski definition) is 1. The molecule has 0 bridgehead atoms. The molecule has 1 heterocycles. The third kappa shape index (κ3) is 1.72. The third-order valence-electron chi connectivity index (χ3n) is 1.83. The second-order valence-corrected chi connectivity index (χ2v) is 4.49. The van der Waals surface area contributed by atoms with Crippen molar-refractivity contribution in [2.45, 2.75) is 24.9 Å². The first-order chi connectivity index (χ1) is 5.54. The van der Waals surface area contributed by atoms with Crippen LogP contribution < -0.4 is 5.32 Å². The van der Waals surface area contributed by atoms with Gasteiger partial charge in [0.2, 0.25) is 0 Å². The number of nitrogens with one attached hydrogen (secondary N) is 1. The summed E-state index contributed by atoms with van der Waals surface area (Å²) in [4.78, 5) is 0. The minimum absolute atomic E-state index is 0.548. The van der Waals surface area contributed by atoms with Crippen LogP contribution in [0.5, 0.6) is 0 Å². The van der Waals surface area contributed by atoms with Gasteiger partial charge in [0, 0.05) is 11.5 Å². The van der Waals surface area contributed by atoms with Crippen molar-refractivity contribution in [3.63, 3.8) is 0 Å². The van der Waals surface area contributed by atoms with Gasteiger partial charge in [-0.05, 0) is 13.8 Å².